The highest BCUT2D eigenvalue weighted by molar-refractivity contribution is 5.96. The molecule has 17 nitrogen and oxygen atoms in total. The van der Waals surface area contributed by atoms with E-state index in [2.05, 4.69) is 0 Å². The Morgan fingerprint density at radius 2 is 1.22 bits per heavy atom. The molecule has 5 atom stereocenters. The van der Waals surface area contributed by atoms with Gasteiger partial charge in [-0.2, -0.15) is 0 Å². The van der Waals surface area contributed by atoms with Crippen molar-refractivity contribution in [1.82, 2.24) is 0 Å². The number of carbonyl (C=O) groups is 6. The molecular formula is C32H32O17. The lowest BCUT2D eigenvalue weighted by atomic mass is 9.88. The maximum absolute atomic E-state index is 14.0. The van der Waals surface area contributed by atoms with Crippen LogP contribution in [0.25, 0.3) is 21.9 Å². The second-order valence-corrected chi connectivity index (χ2v) is 10.7. The zero-order valence-corrected chi connectivity index (χ0v) is 27.3. The molecule has 0 aliphatic carbocycles. The van der Waals surface area contributed by atoms with E-state index in [0.717, 1.165) is 53.7 Å². The van der Waals surface area contributed by atoms with Crippen LogP contribution in [0.3, 0.4) is 0 Å². The molecule has 1 aliphatic heterocycles. The van der Waals surface area contributed by atoms with Crippen LogP contribution in [0.4, 0.5) is 0 Å². The zero-order chi connectivity index (χ0) is 36.3. The highest BCUT2D eigenvalue weighted by Gasteiger charge is 2.54. The first kappa shape index (κ1) is 36.1. The van der Waals surface area contributed by atoms with Gasteiger partial charge in [-0.1, -0.05) is 0 Å². The molecule has 1 fully saturated rings. The summed E-state index contributed by atoms with van der Waals surface area (Å²) in [4.78, 5) is 86.0. The van der Waals surface area contributed by atoms with Crippen molar-refractivity contribution >= 4 is 57.8 Å². The summed E-state index contributed by atoms with van der Waals surface area (Å²) in [5, 5.41) is 11.1. The van der Waals surface area contributed by atoms with Crippen LogP contribution in [0.15, 0.2) is 27.4 Å². The van der Waals surface area contributed by atoms with Gasteiger partial charge in [-0.15, -0.1) is 0 Å². The summed E-state index contributed by atoms with van der Waals surface area (Å²) in [6, 6.07) is 3.44. The van der Waals surface area contributed by atoms with Gasteiger partial charge in [0.2, 0.25) is 5.43 Å². The number of benzene rings is 2. The molecule has 262 valence electrons. The third-order valence-electron chi connectivity index (χ3n) is 7.01. The number of phenols is 1. The first-order chi connectivity index (χ1) is 23.0. The van der Waals surface area contributed by atoms with Crippen molar-refractivity contribution in [2.75, 3.05) is 13.7 Å². The van der Waals surface area contributed by atoms with Crippen LogP contribution in [-0.2, 0) is 52.5 Å². The summed E-state index contributed by atoms with van der Waals surface area (Å²) in [5.74, 6) is -6.42. The van der Waals surface area contributed by atoms with E-state index in [9.17, 15) is 38.7 Å². The van der Waals surface area contributed by atoms with E-state index in [1.54, 1.807) is 0 Å². The maximum atomic E-state index is 14.0. The monoisotopic (exact) mass is 688 g/mol. The van der Waals surface area contributed by atoms with Crippen LogP contribution in [0.2, 0.25) is 0 Å². The number of aromatic hydroxyl groups is 1. The minimum atomic E-state index is -1.65. The van der Waals surface area contributed by atoms with E-state index in [0.29, 0.717) is 0 Å². The molecule has 17 heteroatoms. The molecular weight excluding hydrogens is 656 g/mol. The Hall–Kier alpha value is -5.71. The van der Waals surface area contributed by atoms with Crippen molar-refractivity contribution in [2.24, 2.45) is 0 Å². The Morgan fingerprint density at radius 1 is 0.694 bits per heavy atom. The summed E-state index contributed by atoms with van der Waals surface area (Å²) < 4.78 is 49.4. The number of fused-ring (bicyclic) bond motifs is 2. The fourth-order valence-corrected chi connectivity index (χ4v) is 5.37. The molecule has 2 heterocycles. The molecule has 0 spiro atoms. The Kier molecular flexibility index (Phi) is 10.8. The Bertz CT molecular complexity index is 1910. The number of hydrogen-bond acceptors (Lipinski definition) is 17. The second-order valence-electron chi connectivity index (χ2n) is 10.7. The van der Waals surface area contributed by atoms with E-state index in [-0.39, 0.29) is 39.4 Å². The fraction of sp³-hybridized carbons (Fsp3) is 0.406. The van der Waals surface area contributed by atoms with Gasteiger partial charge in [-0.25, -0.2) is 0 Å². The molecule has 0 saturated carbocycles. The Morgan fingerprint density at radius 3 is 1.76 bits per heavy atom. The number of methoxy groups -OCH3 is 1. The van der Waals surface area contributed by atoms with Crippen molar-refractivity contribution in [3.8, 4) is 23.0 Å². The maximum Gasteiger partial charge on any atom is 0.308 e. The first-order valence-electron chi connectivity index (χ1n) is 14.5. The Balaban J connectivity index is 2.03. The summed E-state index contributed by atoms with van der Waals surface area (Å²) >= 11 is 0. The van der Waals surface area contributed by atoms with Gasteiger partial charge in [0.15, 0.2) is 29.8 Å². The van der Waals surface area contributed by atoms with E-state index in [1.807, 2.05) is 0 Å². The van der Waals surface area contributed by atoms with Gasteiger partial charge in [0, 0.05) is 53.7 Å². The predicted molar refractivity (Wildman–Crippen MR) is 162 cm³/mol. The molecule has 0 amide bonds. The van der Waals surface area contributed by atoms with Crippen LogP contribution in [0, 0.1) is 0 Å². The molecule has 4 rings (SSSR count). The molecule has 0 bridgehead atoms. The molecule has 1 N–H and O–H groups in total. The van der Waals surface area contributed by atoms with Gasteiger partial charge < -0.3 is 47.4 Å². The number of esters is 6. The number of phenolic OH excluding ortho intramolecular Hbond substituents is 1. The fourth-order valence-electron chi connectivity index (χ4n) is 5.37. The molecule has 1 aliphatic rings. The minimum absolute atomic E-state index is 0.133. The Labute approximate surface area is 276 Å². The summed E-state index contributed by atoms with van der Waals surface area (Å²) in [6.07, 6.45) is -7.74. The van der Waals surface area contributed by atoms with E-state index < -0.39 is 89.5 Å². The minimum Gasteiger partial charge on any atom is -0.506 e. The molecule has 2 aromatic carbocycles. The molecule has 1 aromatic heterocycles. The highest BCUT2D eigenvalue weighted by atomic mass is 16.7. The smallest absolute Gasteiger partial charge is 0.308 e. The summed E-state index contributed by atoms with van der Waals surface area (Å²) in [6.45, 7) is 5.89. The molecule has 3 aromatic rings. The predicted octanol–water partition coefficient (Wildman–Crippen LogP) is 2.31. The van der Waals surface area contributed by atoms with Crippen LogP contribution < -0.4 is 19.6 Å². The third kappa shape index (κ3) is 7.89. The topological polar surface area (TPSA) is 227 Å². The number of rotatable bonds is 9. The van der Waals surface area contributed by atoms with Gasteiger partial charge in [-0.3, -0.25) is 33.6 Å². The number of carbonyl (C=O) groups excluding carboxylic acids is 6. The summed E-state index contributed by atoms with van der Waals surface area (Å²) in [7, 11) is 1.21. The molecule has 0 radical (unpaired) electrons. The van der Waals surface area contributed by atoms with Gasteiger partial charge >= 0.3 is 35.8 Å². The van der Waals surface area contributed by atoms with Crippen LogP contribution in [0.1, 0.15) is 53.2 Å². The SMILES string of the molecule is COc1cc2oc3cc(OC(C)=O)c(OC(C)=O)cc3c(=O)c2c(O)c1[C@@H]1O[C@H](COC(C)=O)[C@@H](OC(C)=O)[C@H](OC(C)=O)[C@H]1OC(C)=O. The van der Waals surface area contributed by atoms with Crippen molar-refractivity contribution in [2.45, 2.75) is 72.1 Å². The van der Waals surface area contributed by atoms with E-state index in [1.165, 1.54) is 13.2 Å². The first-order valence-corrected chi connectivity index (χ1v) is 14.5. The number of ether oxygens (including phenoxy) is 8. The normalized spacial score (nSPS) is 20.2. The lowest BCUT2D eigenvalue weighted by molar-refractivity contribution is -0.254. The van der Waals surface area contributed by atoms with Crippen molar-refractivity contribution in [1.29, 1.82) is 0 Å². The standard InChI is InChI=1S/C32H32O17/c1-12(33)42-11-24-29(45-15(4)36)31(46-16(5)37)32(47-17(6)38)30(49-24)26-22(41-7)10-23-25(28(26)40)27(39)18-8-20(43-13(2)34)21(44-14(3)35)9-19(18)48-23/h8-10,24,29-32,40H,11H2,1-7H3/t24-,29-,30+,31+,32+/m1/s1. The average molecular weight is 689 g/mol. The van der Waals surface area contributed by atoms with Gasteiger partial charge in [0.05, 0.1) is 18.1 Å². The van der Waals surface area contributed by atoms with E-state index in [4.69, 9.17) is 42.3 Å². The van der Waals surface area contributed by atoms with Crippen molar-refractivity contribution in [3.05, 3.63) is 34.0 Å². The number of hydrogen-bond donors (Lipinski definition) is 1. The zero-order valence-electron chi connectivity index (χ0n) is 27.3. The average Bonchev–Trinajstić information content (AvgIpc) is 2.97. The molecule has 1 saturated heterocycles. The van der Waals surface area contributed by atoms with Crippen molar-refractivity contribution < 1.29 is 76.2 Å². The largest absolute Gasteiger partial charge is 0.506 e. The molecule has 49 heavy (non-hydrogen) atoms. The lowest BCUT2D eigenvalue weighted by Crippen LogP contribution is -2.59. The van der Waals surface area contributed by atoms with Gasteiger partial charge in [0.1, 0.15) is 46.9 Å². The lowest BCUT2D eigenvalue weighted by Gasteiger charge is -2.44. The summed E-state index contributed by atoms with van der Waals surface area (Å²) in [5.41, 5.74) is -1.51. The van der Waals surface area contributed by atoms with Gasteiger partial charge in [-0.05, 0) is 6.07 Å². The second kappa shape index (κ2) is 14.6. The van der Waals surface area contributed by atoms with Gasteiger partial charge in [0.25, 0.3) is 0 Å². The van der Waals surface area contributed by atoms with Crippen molar-refractivity contribution in [3.63, 3.8) is 0 Å². The van der Waals surface area contributed by atoms with Crippen LogP contribution >= 0.6 is 0 Å². The van der Waals surface area contributed by atoms with Crippen LogP contribution in [-0.4, -0.2) is 79.1 Å². The molecule has 0 unspecified atom stereocenters. The third-order valence-corrected chi connectivity index (χ3v) is 7.01. The quantitative estimate of drug-likeness (QED) is 0.147. The van der Waals surface area contributed by atoms with E-state index >= 15 is 0 Å². The highest BCUT2D eigenvalue weighted by Crippen LogP contribution is 2.47. The van der Waals surface area contributed by atoms with Crippen LogP contribution in [0.5, 0.6) is 23.0 Å².